The number of nitro groups is 1. The number of fused-ring (bicyclic) bond motifs is 1. The lowest BCUT2D eigenvalue weighted by Crippen LogP contribution is -2.47. The predicted molar refractivity (Wildman–Crippen MR) is 108 cm³/mol. The van der Waals surface area contributed by atoms with E-state index in [1.807, 2.05) is 4.90 Å². The second-order valence-corrected chi connectivity index (χ2v) is 8.10. The van der Waals surface area contributed by atoms with Crippen LogP contribution in [0.15, 0.2) is 18.2 Å². The van der Waals surface area contributed by atoms with Crippen LogP contribution in [0.1, 0.15) is 59.2 Å². The smallest absolute Gasteiger partial charge is 0.282 e. The minimum Gasteiger partial charge on any atom is -0.341 e. The number of likely N-dealkylation sites (tertiary alicyclic amines) is 2. The molecule has 3 heterocycles. The van der Waals surface area contributed by atoms with Crippen LogP contribution >= 0.6 is 0 Å². The number of hydrogen-bond acceptors (Lipinski definition) is 6. The Morgan fingerprint density at radius 2 is 1.81 bits per heavy atom. The van der Waals surface area contributed by atoms with E-state index in [9.17, 15) is 29.3 Å². The third kappa shape index (κ3) is 3.77. The Balaban J connectivity index is 1.36. The molecule has 1 aromatic rings. The number of carbonyl (C=O) groups is 4. The van der Waals surface area contributed by atoms with Gasteiger partial charge in [0.25, 0.3) is 17.5 Å². The number of amides is 4. The number of nitro benzene ring substituents is 1. The second-order valence-electron chi connectivity index (χ2n) is 8.10. The van der Waals surface area contributed by atoms with Crippen LogP contribution < -0.4 is 0 Å². The van der Waals surface area contributed by atoms with Gasteiger partial charge in [-0.25, -0.2) is 0 Å². The molecule has 1 atom stereocenters. The zero-order valence-corrected chi connectivity index (χ0v) is 17.1. The fourth-order valence-electron chi connectivity index (χ4n) is 4.67. The lowest BCUT2D eigenvalue weighted by Gasteiger charge is -2.28. The van der Waals surface area contributed by atoms with Crippen LogP contribution in [0.3, 0.4) is 0 Å². The average molecular weight is 428 g/mol. The Kier molecular flexibility index (Phi) is 5.71. The molecule has 31 heavy (non-hydrogen) atoms. The molecule has 10 nitrogen and oxygen atoms in total. The molecule has 4 amide bonds. The molecule has 0 unspecified atom stereocenters. The number of imide groups is 1. The Hall–Kier alpha value is -3.30. The Morgan fingerprint density at radius 3 is 2.52 bits per heavy atom. The van der Waals surface area contributed by atoms with Crippen LogP contribution in [0.4, 0.5) is 5.69 Å². The normalized spacial score (nSPS) is 20.5. The molecule has 0 N–H and O–H groups in total. The fourth-order valence-corrected chi connectivity index (χ4v) is 4.67. The van der Waals surface area contributed by atoms with Crippen LogP contribution in [-0.4, -0.2) is 75.5 Å². The van der Waals surface area contributed by atoms with Crippen LogP contribution in [0.25, 0.3) is 0 Å². The summed E-state index contributed by atoms with van der Waals surface area (Å²) in [5, 5.41) is 11.2. The van der Waals surface area contributed by atoms with Gasteiger partial charge in [-0.1, -0.05) is 6.07 Å². The summed E-state index contributed by atoms with van der Waals surface area (Å²) in [5.74, 6) is -1.45. The molecule has 0 bridgehead atoms. The minimum atomic E-state index is -0.706. The van der Waals surface area contributed by atoms with E-state index in [1.54, 1.807) is 4.90 Å². The van der Waals surface area contributed by atoms with E-state index < -0.39 is 28.5 Å². The largest absolute Gasteiger partial charge is 0.341 e. The third-order valence-corrected chi connectivity index (χ3v) is 6.22. The van der Waals surface area contributed by atoms with Gasteiger partial charge in [0.1, 0.15) is 11.6 Å². The summed E-state index contributed by atoms with van der Waals surface area (Å²) in [6.07, 6.45) is 3.75. The maximum Gasteiger partial charge on any atom is 0.282 e. The monoisotopic (exact) mass is 428 g/mol. The molecule has 3 aliphatic rings. The first-order chi connectivity index (χ1) is 14.9. The van der Waals surface area contributed by atoms with Gasteiger partial charge in [0.15, 0.2) is 0 Å². The van der Waals surface area contributed by atoms with Crippen molar-refractivity contribution >= 4 is 29.3 Å². The van der Waals surface area contributed by atoms with Gasteiger partial charge in [0.05, 0.1) is 10.5 Å². The first-order valence-corrected chi connectivity index (χ1v) is 10.6. The molecular formula is C21H24N4O6. The molecule has 2 fully saturated rings. The predicted octanol–water partition coefficient (Wildman–Crippen LogP) is 1.58. The highest BCUT2D eigenvalue weighted by atomic mass is 16.6. The van der Waals surface area contributed by atoms with Gasteiger partial charge < -0.3 is 9.80 Å². The molecule has 164 valence electrons. The van der Waals surface area contributed by atoms with Crippen molar-refractivity contribution in [1.82, 2.24) is 14.7 Å². The average Bonchev–Trinajstić information content (AvgIpc) is 3.50. The van der Waals surface area contributed by atoms with E-state index in [2.05, 4.69) is 0 Å². The highest BCUT2D eigenvalue weighted by Crippen LogP contribution is 2.31. The summed E-state index contributed by atoms with van der Waals surface area (Å²) in [6, 6.07) is 3.54. The van der Waals surface area contributed by atoms with Gasteiger partial charge in [-0.15, -0.1) is 0 Å². The number of benzene rings is 1. The molecule has 1 aromatic carbocycles. The Bertz CT molecular complexity index is 955. The quantitative estimate of drug-likeness (QED) is 0.385. The van der Waals surface area contributed by atoms with E-state index >= 15 is 0 Å². The van der Waals surface area contributed by atoms with Crippen LogP contribution in [0, 0.1) is 10.1 Å². The molecule has 0 spiro atoms. The van der Waals surface area contributed by atoms with Gasteiger partial charge in [-0.05, 0) is 38.2 Å². The first kappa shape index (κ1) is 21.0. The SMILES string of the molecule is O=C([C@@H]1CCCN1C(=O)CCCN1C(=O)c2cccc([N+](=O)[O-])c2C1=O)N1CCCC1. The maximum absolute atomic E-state index is 12.8. The lowest BCUT2D eigenvalue weighted by atomic mass is 10.1. The summed E-state index contributed by atoms with van der Waals surface area (Å²) in [5.41, 5.74) is -0.573. The summed E-state index contributed by atoms with van der Waals surface area (Å²) in [6.45, 7) is 2.00. The molecular weight excluding hydrogens is 404 g/mol. The standard InChI is InChI=1S/C21H24N4O6/c26-17(23-12-4-8-16(23)20(28)22-10-1-2-11-22)9-5-13-24-19(27)14-6-3-7-15(25(30)31)18(14)21(24)29/h3,6-7,16H,1-2,4-5,8-13H2/t16-/m0/s1. The molecule has 0 aliphatic carbocycles. The van der Waals surface area contributed by atoms with Crippen molar-refractivity contribution in [2.24, 2.45) is 0 Å². The van der Waals surface area contributed by atoms with Crippen molar-refractivity contribution in [3.63, 3.8) is 0 Å². The molecule has 2 saturated heterocycles. The highest BCUT2D eigenvalue weighted by molar-refractivity contribution is 6.23. The second kappa shape index (κ2) is 8.44. The van der Waals surface area contributed by atoms with Crippen molar-refractivity contribution in [1.29, 1.82) is 0 Å². The fraction of sp³-hybridized carbons (Fsp3) is 0.524. The van der Waals surface area contributed by atoms with Crippen molar-refractivity contribution in [2.45, 2.75) is 44.6 Å². The summed E-state index contributed by atoms with van der Waals surface area (Å²) >= 11 is 0. The molecule has 4 rings (SSSR count). The molecule has 0 aromatic heterocycles. The van der Waals surface area contributed by atoms with Gasteiger partial charge in [-0.3, -0.25) is 34.2 Å². The number of carbonyl (C=O) groups excluding carboxylic acids is 4. The number of rotatable bonds is 6. The van der Waals surface area contributed by atoms with Gasteiger partial charge in [0, 0.05) is 38.7 Å². The van der Waals surface area contributed by atoms with Gasteiger partial charge >= 0.3 is 0 Å². The zero-order chi connectivity index (χ0) is 22.1. The van der Waals surface area contributed by atoms with E-state index in [0.717, 1.165) is 37.3 Å². The van der Waals surface area contributed by atoms with Crippen molar-refractivity contribution < 1.29 is 24.1 Å². The number of hydrogen-bond donors (Lipinski definition) is 0. The van der Waals surface area contributed by atoms with Crippen LogP contribution in [0.5, 0.6) is 0 Å². The van der Waals surface area contributed by atoms with Crippen molar-refractivity contribution in [3.8, 4) is 0 Å². The summed E-state index contributed by atoms with van der Waals surface area (Å²) < 4.78 is 0. The third-order valence-electron chi connectivity index (χ3n) is 6.22. The van der Waals surface area contributed by atoms with Gasteiger partial charge in [-0.2, -0.15) is 0 Å². The molecule has 0 radical (unpaired) electrons. The van der Waals surface area contributed by atoms with Crippen LogP contribution in [-0.2, 0) is 9.59 Å². The number of nitrogens with zero attached hydrogens (tertiary/aromatic N) is 4. The van der Waals surface area contributed by atoms with Gasteiger partial charge in [0.2, 0.25) is 11.8 Å². The van der Waals surface area contributed by atoms with E-state index in [0.29, 0.717) is 13.0 Å². The maximum atomic E-state index is 12.8. The van der Waals surface area contributed by atoms with Crippen molar-refractivity contribution in [2.75, 3.05) is 26.2 Å². The minimum absolute atomic E-state index is 0.00613. The molecule has 10 heteroatoms. The lowest BCUT2D eigenvalue weighted by molar-refractivity contribution is -0.385. The summed E-state index contributed by atoms with van der Waals surface area (Å²) in [7, 11) is 0. The van der Waals surface area contributed by atoms with E-state index in [4.69, 9.17) is 0 Å². The van der Waals surface area contributed by atoms with E-state index in [-0.39, 0.29) is 42.3 Å². The molecule has 3 aliphatic heterocycles. The first-order valence-electron chi connectivity index (χ1n) is 10.6. The van der Waals surface area contributed by atoms with Crippen molar-refractivity contribution in [3.05, 3.63) is 39.4 Å². The highest BCUT2D eigenvalue weighted by Gasteiger charge is 2.41. The topological polar surface area (TPSA) is 121 Å². The summed E-state index contributed by atoms with van der Waals surface area (Å²) in [4.78, 5) is 65.5. The Labute approximate surface area is 178 Å². The van der Waals surface area contributed by atoms with E-state index in [1.165, 1.54) is 18.2 Å². The Morgan fingerprint density at radius 1 is 1.06 bits per heavy atom. The van der Waals surface area contributed by atoms with Crippen LogP contribution in [0.2, 0.25) is 0 Å². The zero-order valence-electron chi connectivity index (χ0n) is 17.1. The molecule has 0 saturated carbocycles.